The predicted molar refractivity (Wildman–Crippen MR) is 64.3 cm³/mol. The Balaban J connectivity index is 2.71. The third kappa shape index (κ3) is 3.57. The van der Waals surface area contributed by atoms with Crippen molar-refractivity contribution in [2.75, 3.05) is 23.0 Å². The topological polar surface area (TPSA) is 90.1 Å². The van der Waals surface area contributed by atoms with Gasteiger partial charge in [-0.2, -0.15) is 0 Å². The minimum absolute atomic E-state index is 0.0655. The van der Waals surface area contributed by atoms with Gasteiger partial charge in [0.25, 0.3) is 0 Å². The van der Waals surface area contributed by atoms with Crippen LogP contribution in [0.3, 0.4) is 0 Å². The predicted octanol–water partition coefficient (Wildman–Crippen LogP) is 0.206. The fourth-order valence-corrected chi connectivity index (χ4v) is 3.72. The number of anilines is 1. The van der Waals surface area contributed by atoms with Gasteiger partial charge in [0.1, 0.15) is 0 Å². The highest BCUT2D eigenvalue weighted by Crippen LogP contribution is 2.14. The Morgan fingerprint density at radius 2 is 2.19 bits per heavy atom. The minimum Gasteiger partial charge on any atom is -0.396 e. The largest absolute Gasteiger partial charge is 0.396 e. The second-order valence-electron chi connectivity index (χ2n) is 3.20. The van der Waals surface area contributed by atoms with Gasteiger partial charge in [0.05, 0.1) is 33.3 Å². The maximum atomic E-state index is 11.8. The highest BCUT2D eigenvalue weighted by Gasteiger charge is 2.13. The number of nitrogens with zero attached hydrogens (tertiary/aromatic N) is 1. The summed E-state index contributed by atoms with van der Waals surface area (Å²) in [5.41, 5.74) is 5.92. The van der Waals surface area contributed by atoms with Crippen molar-refractivity contribution in [2.24, 2.45) is 0 Å². The van der Waals surface area contributed by atoms with E-state index in [1.54, 1.807) is 13.0 Å². The first-order valence-corrected chi connectivity index (χ1v) is 7.88. The maximum absolute atomic E-state index is 11.8. The average Bonchev–Trinajstić information content (AvgIpc) is 2.27. The molecule has 0 aliphatic rings. The molecular weight excluding hydrogens is 248 g/mol. The Bertz CT molecular complexity index is 485. The lowest BCUT2D eigenvalue weighted by molar-refractivity contribution is 0.598. The molecule has 0 saturated carbocycles. The van der Waals surface area contributed by atoms with Gasteiger partial charge in [-0.25, -0.2) is 8.42 Å². The smallest absolute Gasteiger partial charge is 0.150 e. The van der Waals surface area contributed by atoms with E-state index in [9.17, 15) is 12.6 Å². The van der Waals surface area contributed by atoms with Crippen molar-refractivity contribution in [2.45, 2.75) is 11.8 Å². The van der Waals surface area contributed by atoms with Gasteiger partial charge >= 0.3 is 0 Å². The molecule has 7 heteroatoms. The van der Waals surface area contributed by atoms with Gasteiger partial charge in [0.2, 0.25) is 0 Å². The van der Waals surface area contributed by atoms with Gasteiger partial charge in [-0.15, -0.1) is 0 Å². The second-order valence-corrected chi connectivity index (χ2v) is 7.21. The molecule has 0 aromatic carbocycles. The van der Waals surface area contributed by atoms with Crippen LogP contribution in [-0.4, -0.2) is 34.9 Å². The summed E-state index contributed by atoms with van der Waals surface area (Å²) in [7, 11) is -4.47. The molecule has 1 rings (SSSR count). The molecule has 0 aliphatic heterocycles. The average molecular weight is 262 g/mol. The number of nitrogen functional groups attached to an aromatic ring is 1. The maximum Gasteiger partial charge on any atom is 0.150 e. The van der Waals surface area contributed by atoms with Gasteiger partial charge in [-0.3, -0.25) is 9.19 Å². The molecule has 1 heterocycles. The Morgan fingerprint density at radius 3 is 2.75 bits per heavy atom. The summed E-state index contributed by atoms with van der Waals surface area (Å²) in [5, 5.41) is 0. The van der Waals surface area contributed by atoms with E-state index in [0.717, 1.165) is 0 Å². The summed E-state index contributed by atoms with van der Waals surface area (Å²) in [4.78, 5) is 4.22. The summed E-state index contributed by atoms with van der Waals surface area (Å²) >= 11 is 0. The summed E-state index contributed by atoms with van der Waals surface area (Å²) in [6, 6.07) is 1.55. The fourth-order valence-electron chi connectivity index (χ4n) is 1.06. The Hall–Kier alpha value is -0.950. The van der Waals surface area contributed by atoms with Crippen LogP contribution in [0.1, 0.15) is 6.92 Å². The van der Waals surface area contributed by atoms with Crippen molar-refractivity contribution in [1.82, 2.24) is 4.98 Å². The van der Waals surface area contributed by atoms with Crippen molar-refractivity contribution in [1.29, 1.82) is 0 Å². The molecule has 0 bridgehead atoms. The summed E-state index contributed by atoms with van der Waals surface area (Å²) in [6.07, 6.45) is 2.89. The van der Waals surface area contributed by atoms with Gasteiger partial charge in [-0.05, 0) is 6.07 Å². The van der Waals surface area contributed by atoms with Gasteiger partial charge in [0.15, 0.2) is 9.84 Å². The number of pyridine rings is 1. The third-order valence-electron chi connectivity index (χ3n) is 2.07. The minimum atomic E-state index is -3.08. The summed E-state index contributed by atoms with van der Waals surface area (Å²) < 4.78 is 34.3. The van der Waals surface area contributed by atoms with Crippen LogP contribution in [0.2, 0.25) is 0 Å². The zero-order valence-electron chi connectivity index (χ0n) is 8.92. The van der Waals surface area contributed by atoms with E-state index in [4.69, 9.17) is 5.73 Å². The molecule has 0 aliphatic carbocycles. The fraction of sp³-hybridized carbons (Fsp3) is 0.444. The van der Waals surface area contributed by atoms with Crippen molar-refractivity contribution in [3.63, 3.8) is 0 Å². The molecule has 1 aromatic heterocycles. The number of hydrogen-bond acceptors (Lipinski definition) is 5. The van der Waals surface area contributed by atoms with Crippen LogP contribution >= 0.6 is 0 Å². The van der Waals surface area contributed by atoms with Crippen molar-refractivity contribution >= 4 is 26.3 Å². The van der Waals surface area contributed by atoms with Gasteiger partial charge < -0.3 is 5.73 Å². The van der Waals surface area contributed by atoms with Gasteiger partial charge in [-0.1, -0.05) is 6.92 Å². The summed E-state index contributed by atoms with van der Waals surface area (Å²) in [5.74, 6) is 0.0539. The molecule has 0 fully saturated rings. The Morgan fingerprint density at radius 1 is 1.50 bits per heavy atom. The van der Waals surface area contributed by atoms with E-state index in [1.807, 2.05) is 0 Å². The molecule has 1 aromatic rings. The van der Waals surface area contributed by atoms with Crippen molar-refractivity contribution in [3.05, 3.63) is 18.5 Å². The number of nitrogens with two attached hydrogens (primary N) is 1. The van der Waals surface area contributed by atoms with E-state index < -0.39 is 20.6 Å². The van der Waals surface area contributed by atoms with E-state index >= 15 is 0 Å². The molecule has 90 valence electrons. The zero-order chi connectivity index (χ0) is 12.2. The molecule has 1 atom stereocenters. The SMILES string of the molecule is CCS(=O)(=O)CCS(=O)c1ccncc1N. The first-order valence-electron chi connectivity index (χ1n) is 4.74. The molecule has 2 N–H and O–H groups in total. The lowest BCUT2D eigenvalue weighted by Gasteiger charge is -2.04. The van der Waals surface area contributed by atoms with E-state index in [0.29, 0.717) is 10.6 Å². The highest BCUT2D eigenvalue weighted by atomic mass is 32.2. The number of rotatable bonds is 5. The van der Waals surface area contributed by atoms with Crippen LogP contribution in [-0.2, 0) is 20.6 Å². The van der Waals surface area contributed by atoms with Gasteiger partial charge in [0, 0.05) is 17.7 Å². The normalized spacial score (nSPS) is 13.6. The number of hydrogen-bond donors (Lipinski definition) is 1. The molecule has 0 saturated heterocycles. The van der Waals surface area contributed by atoms with Crippen LogP contribution in [0, 0.1) is 0 Å². The van der Waals surface area contributed by atoms with Crippen molar-refractivity contribution < 1.29 is 12.6 Å². The number of aromatic nitrogens is 1. The number of sulfone groups is 1. The lowest BCUT2D eigenvalue weighted by atomic mass is 10.4. The Labute approximate surface area is 97.5 Å². The lowest BCUT2D eigenvalue weighted by Crippen LogP contribution is -2.15. The molecule has 1 unspecified atom stereocenters. The van der Waals surface area contributed by atoms with Crippen LogP contribution in [0.5, 0.6) is 0 Å². The first-order chi connectivity index (χ1) is 7.46. The molecule has 0 radical (unpaired) electrons. The highest BCUT2D eigenvalue weighted by molar-refractivity contribution is 7.93. The quantitative estimate of drug-likeness (QED) is 0.819. The van der Waals surface area contributed by atoms with E-state index in [2.05, 4.69) is 4.98 Å². The van der Waals surface area contributed by atoms with Crippen LogP contribution in [0.25, 0.3) is 0 Å². The van der Waals surface area contributed by atoms with Crippen molar-refractivity contribution in [3.8, 4) is 0 Å². The third-order valence-corrected chi connectivity index (χ3v) is 5.48. The van der Waals surface area contributed by atoms with E-state index in [1.165, 1.54) is 12.4 Å². The standard InChI is InChI=1S/C9H14N2O3S2/c1-2-16(13,14)6-5-15(12)9-3-4-11-7-8(9)10/h3-4,7H,2,5-6,10H2,1H3. The molecule has 0 amide bonds. The monoisotopic (exact) mass is 262 g/mol. The zero-order valence-corrected chi connectivity index (χ0v) is 10.6. The van der Waals surface area contributed by atoms with Crippen LogP contribution in [0.15, 0.2) is 23.4 Å². The molecule has 16 heavy (non-hydrogen) atoms. The first kappa shape index (κ1) is 13.1. The van der Waals surface area contributed by atoms with Crippen LogP contribution in [0.4, 0.5) is 5.69 Å². The van der Waals surface area contributed by atoms with Crippen LogP contribution < -0.4 is 5.73 Å². The molecule has 5 nitrogen and oxygen atoms in total. The van der Waals surface area contributed by atoms with E-state index in [-0.39, 0.29) is 17.3 Å². The molecular formula is C9H14N2O3S2. The summed E-state index contributed by atoms with van der Waals surface area (Å²) in [6.45, 7) is 1.57. The second kappa shape index (κ2) is 5.40. The molecule has 0 spiro atoms. The Kier molecular flexibility index (Phi) is 4.43.